The summed E-state index contributed by atoms with van der Waals surface area (Å²) in [5, 5.41) is 2.91. The van der Waals surface area contributed by atoms with Gasteiger partial charge in [-0.25, -0.2) is 8.78 Å². The Kier molecular flexibility index (Phi) is 4.21. The van der Waals surface area contributed by atoms with E-state index < -0.39 is 12.0 Å². The van der Waals surface area contributed by atoms with Gasteiger partial charge >= 0.3 is 0 Å². The van der Waals surface area contributed by atoms with Crippen molar-refractivity contribution in [1.29, 1.82) is 0 Å². The zero-order valence-electron chi connectivity index (χ0n) is 9.13. The van der Waals surface area contributed by atoms with Crippen LogP contribution in [0.5, 0.6) is 0 Å². The van der Waals surface area contributed by atoms with Gasteiger partial charge in [-0.1, -0.05) is 44.2 Å². The fourth-order valence-corrected chi connectivity index (χ4v) is 1.84. The Bertz CT molecular complexity index is 287. The van der Waals surface area contributed by atoms with E-state index in [1.165, 1.54) is 0 Å². The monoisotopic (exact) mass is 213 g/mol. The molecule has 1 aromatic rings. The van der Waals surface area contributed by atoms with Crippen LogP contribution >= 0.6 is 0 Å². The summed E-state index contributed by atoms with van der Waals surface area (Å²) in [7, 11) is 0. The molecule has 0 aliphatic heterocycles. The second-order valence-electron chi connectivity index (χ2n) is 3.52. The van der Waals surface area contributed by atoms with Gasteiger partial charge in [0.1, 0.15) is 5.54 Å². The van der Waals surface area contributed by atoms with Gasteiger partial charge in [0.25, 0.3) is 6.43 Å². The van der Waals surface area contributed by atoms with Crippen molar-refractivity contribution in [3.63, 3.8) is 0 Å². The van der Waals surface area contributed by atoms with Gasteiger partial charge < -0.3 is 5.32 Å². The molecule has 0 aromatic heterocycles. The molecule has 0 fully saturated rings. The summed E-state index contributed by atoms with van der Waals surface area (Å²) in [6.45, 7) is 4.16. The fraction of sp³-hybridized carbons (Fsp3) is 0.500. The highest BCUT2D eigenvalue weighted by Gasteiger charge is 2.38. The molecule has 0 heterocycles. The van der Waals surface area contributed by atoms with Crippen molar-refractivity contribution in [2.45, 2.75) is 32.2 Å². The van der Waals surface area contributed by atoms with E-state index in [4.69, 9.17) is 0 Å². The van der Waals surface area contributed by atoms with Gasteiger partial charge in [0.15, 0.2) is 0 Å². The summed E-state index contributed by atoms with van der Waals surface area (Å²) in [6, 6.07) is 8.91. The van der Waals surface area contributed by atoms with Crippen LogP contribution in [0.1, 0.15) is 25.8 Å². The van der Waals surface area contributed by atoms with Gasteiger partial charge in [0.05, 0.1) is 0 Å². The predicted octanol–water partition coefficient (Wildman–Crippen LogP) is 3.17. The lowest BCUT2D eigenvalue weighted by Crippen LogP contribution is -2.47. The van der Waals surface area contributed by atoms with Crippen molar-refractivity contribution in [2.75, 3.05) is 6.54 Å². The molecule has 1 nitrogen and oxygen atoms in total. The third-order valence-corrected chi connectivity index (χ3v) is 2.71. The molecular weight excluding hydrogens is 196 g/mol. The van der Waals surface area contributed by atoms with Crippen molar-refractivity contribution < 1.29 is 8.78 Å². The second kappa shape index (κ2) is 5.21. The third kappa shape index (κ3) is 2.34. The van der Waals surface area contributed by atoms with Crippen LogP contribution in [0.4, 0.5) is 8.78 Å². The number of benzene rings is 1. The maximum absolute atomic E-state index is 13.2. The molecule has 15 heavy (non-hydrogen) atoms. The van der Waals surface area contributed by atoms with Crippen molar-refractivity contribution in [3.05, 3.63) is 35.9 Å². The topological polar surface area (TPSA) is 12.0 Å². The van der Waals surface area contributed by atoms with E-state index in [9.17, 15) is 8.78 Å². The molecule has 1 N–H and O–H groups in total. The summed E-state index contributed by atoms with van der Waals surface area (Å²) in [4.78, 5) is 0. The Labute approximate surface area is 89.5 Å². The SMILES string of the molecule is CCNC(CC)(c1ccccc1)C(F)F. The molecule has 0 saturated carbocycles. The molecule has 0 amide bonds. The smallest absolute Gasteiger partial charge is 0.260 e. The first-order valence-electron chi connectivity index (χ1n) is 5.26. The molecule has 1 rings (SSSR count). The molecule has 3 heteroatoms. The highest BCUT2D eigenvalue weighted by molar-refractivity contribution is 5.25. The molecular formula is C12H17F2N. The second-order valence-corrected chi connectivity index (χ2v) is 3.52. The standard InChI is InChI=1S/C12H17F2N/c1-3-12(11(13)14,15-4-2)10-8-6-5-7-9-10/h5-9,11,15H,3-4H2,1-2H3. The van der Waals surface area contributed by atoms with Crippen molar-refractivity contribution in [2.24, 2.45) is 0 Å². The first-order chi connectivity index (χ1) is 7.17. The number of nitrogens with one attached hydrogen (secondary N) is 1. The Morgan fingerprint density at radius 1 is 1.20 bits per heavy atom. The van der Waals surface area contributed by atoms with Crippen molar-refractivity contribution in [1.82, 2.24) is 5.32 Å². The van der Waals surface area contributed by atoms with Crippen LogP contribution in [0.2, 0.25) is 0 Å². The molecule has 0 bridgehead atoms. The third-order valence-electron chi connectivity index (χ3n) is 2.71. The lowest BCUT2D eigenvalue weighted by Gasteiger charge is -2.33. The summed E-state index contributed by atoms with van der Waals surface area (Å²) in [6.07, 6.45) is -2.02. The van der Waals surface area contributed by atoms with Crippen LogP contribution in [0, 0.1) is 0 Å². The Balaban J connectivity index is 3.09. The fourth-order valence-electron chi connectivity index (χ4n) is 1.84. The minimum absolute atomic E-state index is 0.377. The highest BCUT2D eigenvalue weighted by atomic mass is 19.3. The summed E-state index contributed by atoms with van der Waals surface area (Å²) < 4.78 is 26.3. The Hall–Kier alpha value is -0.960. The maximum Gasteiger partial charge on any atom is 0.260 e. The Morgan fingerprint density at radius 3 is 2.20 bits per heavy atom. The van der Waals surface area contributed by atoms with Gasteiger partial charge in [-0.15, -0.1) is 0 Å². The molecule has 1 aromatic carbocycles. The zero-order chi connectivity index (χ0) is 11.3. The van der Waals surface area contributed by atoms with E-state index in [2.05, 4.69) is 5.32 Å². The van der Waals surface area contributed by atoms with E-state index in [-0.39, 0.29) is 0 Å². The summed E-state index contributed by atoms with van der Waals surface area (Å²) >= 11 is 0. The number of alkyl halides is 2. The van der Waals surface area contributed by atoms with Gasteiger partial charge in [-0.2, -0.15) is 0 Å². The van der Waals surface area contributed by atoms with Gasteiger partial charge in [-0.3, -0.25) is 0 Å². The van der Waals surface area contributed by atoms with E-state index in [0.29, 0.717) is 18.5 Å². The molecule has 0 radical (unpaired) electrons. The van der Waals surface area contributed by atoms with Crippen LogP contribution in [-0.2, 0) is 5.54 Å². The zero-order valence-corrected chi connectivity index (χ0v) is 9.13. The van der Waals surface area contributed by atoms with Crippen molar-refractivity contribution >= 4 is 0 Å². The molecule has 0 aliphatic rings. The van der Waals surface area contributed by atoms with Crippen LogP contribution in [-0.4, -0.2) is 13.0 Å². The highest BCUT2D eigenvalue weighted by Crippen LogP contribution is 2.31. The maximum atomic E-state index is 13.2. The lowest BCUT2D eigenvalue weighted by atomic mass is 9.87. The van der Waals surface area contributed by atoms with Gasteiger partial charge in [0.2, 0.25) is 0 Å². The normalized spacial score (nSPS) is 15.3. The van der Waals surface area contributed by atoms with Crippen LogP contribution in [0.25, 0.3) is 0 Å². The molecule has 0 spiro atoms. The summed E-state index contributed by atoms with van der Waals surface area (Å²) in [5.74, 6) is 0. The first kappa shape index (κ1) is 12.1. The molecule has 0 saturated heterocycles. The molecule has 1 unspecified atom stereocenters. The number of hydrogen-bond donors (Lipinski definition) is 1. The van der Waals surface area contributed by atoms with E-state index >= 15 is 0 Å². The van der Waals surface area contributed by atoms with Crippen LogP contribution in [0.3, 0.4) is 0 Å². The van der Waals surface area contributed by atoms with E-state index in [0.717, 1.165) is 0 Å². The van der Waals surface area contributed by atoms with Crippen molar-refractivity contribution in [3.8, 4) is 0 Å². The Morgan fingerprint density at radius 2 is 1.80 bits per heavy atom. The summed E-state index contributed by atoms with van der Waals surface area (Å²) in [5.41, 5.74) is -0.542. The molecule has 84 valence electrons. The quantitative estimate of drug-likeness (QED) is 0.792. The minimum Gasteiger partial charge on any atom is -0.303 e. The van der Waals surface area contributed by atoms with Crippen LogP contribution in [0.15, 0.2) is 30.3 Å². The lowest BCUT2D eigenvalue weighted by molar-refractivity contribution is 0.0254. The largest absolute Gasteiger partial charge is 0.303 e. The molecule has 0 aliphatic carbocycles. The number of rotatable bonds is 5. The minimum atomic E-state index is -2.40. The van der Waals surface area contributed by atoms with E-state index in [1.54, 1.807) is 31.2 Å². The first-order valence-corrected chi connectivity index (χ1v) is 5.26. The van der Waals surface area contributed by atoms with Gasteiger partial charge in [-0.05, 0) is 18.5 Å². The number of hydrogen-bond acceptors (Lipinski definition) is 1. The average Bonchev–Trinajstić information content (AvgIpc) is 2.26. The number of halogens is 2. The molecule has 1 atom stereocenters. The van der Waals surface area contributed by atoms with Crippen LogP contribution < -0.4 is 5.32 Å². The van der Waals surface area contributed by atoms with E-state index in [1.807, 2.05) is 13.0 Å². The predicted molar refractivity (Wildman–Crippen MR) is 58.1 cm³/mol. The average molecular weight is 213 g/mol. The van der Waals surface area contributed by atoms with Gasteiger partial charge in [0, 0.05) is 0 Å².